The van der Waals surface area contributed by atoms with Crippen LogP contribution < -0.4 is 4.74 Å². The number of halogens is 1. The molecule has 0 saturated carbocycles. The lowest BCUT2D eigenvalue weighted by Gasteiger charge is -2.08. The van der Waals surface area contributed by atoms with Crippen LogP contribution in [-0.4, -0.2) is 27.3 Å². The predicted molar refractivity (Wildman–Crippen MR) is 80.0 cm³/mol. The van der Waals surface area contributed by atoms with E-state index in [1.54, 1.807) is 19.2 Å². The van der Waals surface area contributed by atoms with E-state index in [9.17, 15) is 4.39 Å². The Labute approximate surface area is 127 Å². The largest absolute Gasteiger partial charge is 0.496 e. The average molecular weight is 298 g/mol. The third-order valence-corrected chi connectivity index (χ3v) is 3.28. The second kappa shape index (κ2) is 5.93. The highest BCUT2D eigenvalue weighted by molar-refractivity contribution is 5.53. The summed E-state index contributed by atoms with van der Waals surface area (Å²) in [4.78, 5) is 1.47. The third-order valence-electron chi connectivity index (χ3n) is 3.28. The van der Waals surface area contributed by atoms with Crippen molar-refractivity contribution in [3.05, 3.63) is 59.4 Å². The number of aryl methyl sites for hydroxylation is 1. The number of hydrogen-bond acceptors (Lipinski definition) is 4. The standard InChI is InChI=1S/C16H15FN4O/c1-11-6-7-15(22-2)13(8-11)10-21-19-16(18-20-21)12-4-3-5-14(17)9-12/h3-9H,10H2,1-2H3. The van der Waals surface area contributed by atoms with Gasteiger partial charge in [0, 0.05) is 11.1 Å². The van der Waals surface area contributed by atoms with Gasteiger partial charge in [-0.05, 0) is 30.3 Å². The molecule has 0 fully saturated rings. The Balaban J connectivity index is 1.87. The molecular formula is C16H15FN4O. The molecule has 22 heavy (non-hydrogen) atoms. The van der Waals surface area contributed by atoms with Crippen LogP contribution in [-0.2, 0) is 6.54 Å². The Morgan fingerprint density at radius 3 is 2.82 bits per heavy atom. The molecule has 0 atom stereocenters. The zero-order chi connectivity index (χ0) is 15.5. The van der Waals surface area contributed by atoms with E-state index < -0.39 is 0 Å². The molecule has 112 valence electrons. The van der Waals surface area contributed by atoms with Crippen LogP contribution in [0.2, 0.25) is 0 Å². The molecule has 0 bridgehead atoms. The van der Waals surface area contributed by atoms with Crippen LogP contribution in [0.4, 0.5) is 4.39 Å². The fourth-order valence-corrected chi connectivity index (χ4v) is 2.24. The topological polar surface area (TPSA) is 52.8 Å². The number of nitrogens with zero attached hydrogens (tertiary/aromatic N) is 4. The summed E-state index contributed by atoms with van der Waals surface area (Å²) in [5, 5.41) is 12.3. The maximum absolute atomic E-state index is 13.3. The Hall–Kier alpha value is -2.76. The average Bonchev–Trinajstić information content (AvgIpc) is 2.96. The molecule has 0 unspecified atom stereocenters. The summed E-state index contributed by atoms with van der Waals surface area (Å²) in [6, 6.07) is 12.0. The molecule has 6 heteroatoms. The third kappa shape index (κ3) is 2.95. The predicted octanol–water partition coefficient (Wildman–Crippen LogP) is 2.84. The van der Waals surface area contributed by atoms with Crippen LogP contribution in [0.3, 0.4) is 0 Å². The van der Waals surface area contributed by atoms with Crippen LogP contribution in [0.25, 0.3) is 11.4 Å². The quantitative estimate of drug-likeness (QED) is 0.743. The van der Waals surface area contributed by atoms with Crippen LogP contribution in [0.15, 0.2) is 42.5 Å². The summed E-state index contributed by atoms with van der Waals surface area (Å²) in [5.74, 6) is 0.843. The van der Waals surface area contributed by atoms with Gasteiger partial charge in [0.1, 0.15) is 11.6 Å². The number of benzene rings is 2. The molecule has 0 radical (unpaired) electrons. The second-order valence-corrected chi connectivity index (χ2v) is 4.97. The number of tetrazole rings is 1. The van der Waals surface area contributed by atoms with Crippen LogP contribution in [0, 0.1) is 12.7 Å². The Morgan fingerprint density at radius 1 is 1.18 bits per heavy atom. The van der Waals surface area contributed by atoms with E-state index in [0.29, 0.717) is 17.9 Å². The van der Waals surface area contributed by atoms with Gasteiger partial charge in [0.25, 0.3) is 0 Å². The van der Waals surface area contributed by atoms with Gasteiger partial charge >= 0.3 is 0 Å². The van der Waals surface area contributed by atoms with E-state index in [0.717, 1.165) is 16.9 Å². The first-order chi connectivity index (χ1) is 10.7. The summed E-state index contributed by atoms with van der Waals surface area (Å²) in [6.07, 6.45) is 0. The fourth-order valence-electron chi connectivity index (χ4n) is 2.24. The monoisotopic (exact) mass is 298 g/mol. The highest BCUT2D eigenvalue weighted by Gasteiger charge is 2.09. The lowest BCUT2D eigenvalue weighted by molar-refractivity contribution is 0.405. The molecule has 0 aliphatic heterocycles. The van der Waals surface area contributed by atoms with Gasteiger partial charge < -0.3 is 4.74 Å². The van der Waals surface area contributed by atoms with Crippen molar-refractivity contribution in [2.75, 3.05) is 7.11 Å². The van der Waals surface area contributed by atoms with Gasteiger partial charge in [0.05, 0.1) is 13.7 Å². The van der Waals surface area contributed by atoms with Crippen molar-refractivity contribution in [2.45, 2.75) is 13.5 Å². The van der Waals surface area contributed by atoms with Gasteiger partial charge in [0.15, 0.2) is 0 Å². The summed E-state index contributed by atoms with van der Waals surface area (Å²) in [6.45, 7) is 2.45. The second-order valence-electron chi connectivity index (χ2n) is 4.97. The Morgan fingerprint density at radius 2 is 2.05 bits per heavy atom. The van der Waals surface area contributed by atoms with E-state index in [4.69, 9.17) is 4.74 Å². The van der Waals surface area contributed by atoms with Crippen LogP contribution >= 0.6 is 0 Å². The van der Waals surface area contributed by atoms with Crippen molar-refractivity contribution < 1.29 is 9.13 Å². The van der Waals surface area contributed by atoms with Crippen molar-refractivity contribution in [2.24, 2.45) is 0 Å². The molecule has 5 nitrogen and oxygen atoms in total. The number of hydrogen-bond donors (Lipinski definition) is 0. The SMILES string of the molecule is COc1ccc(C)cc1Cn1nnc(-c2cccc(F)c2)n1. The van der Waals surface area contributed by atoms with Gasteiger partial charge in [-0.1, -0.05) is 29.8 Å². The molecule has 1 heterocycles. The minimum atomic E-state index is -0.325. The van der Waals surface area contributed by atoms with Crippen LogP contribution in [0.5, 0.6) is 5.75 Å². The van der Waals surface area contributed by atoms with Crippen molar-refractivity contribution in [3.8, 4) is 17.1 Å². The first-order valence-corrected chi connectivity index (χ1v) is 6.83. The smallest absolute Gasteiger partial charge is 0.205 e. The molecule has 0 aliphatic rings. The molecule has 2 aromatic carbocycles. The highest BCUT2D eigenvalue weighted by atomic mass is 19.1. The van der Waals surface area contributed by atoms with Crippen LogP contribution in [0.1, 0.15) is 11.1 Å². The lowest BCUT2D eigenvalue weighted by Crippen LogP contribution is -2.06. The maximum atomic E-state index is 13.3. The number of methoxy groups -OCH3 is 1. The van der Waals surface area contributed by atoms with E-state index in [-0.39, 0.29) is 5.82 Å². The molecule has 0 saturated heterocycles. The Bertz CT molecular complexity index is 800. The maximum Gasteiger partial charge on any atom is 0.205 e. The van der Waals surface area contributed by atoms with Crippen molar-refractivity contribution in [3.63, 3.8) is 0 Å². The molecule has 0 N–H and O–H groups in total. The molecule has 3 rings (SSSR count). The fraction of sp³-hybridized carbons (Fsp3) is 0.188. The number of ether oxygens (including phenoxy) is 1. The minimum Gasteiger partial charge on any atom is -0.496 e. The molecule has 0 spiro atoms. The summed E-state index contributed by atoms with van der Waals surface area (Å²) < 4.78 is 18.6. The molecule has 0 amide bonds. The van der Waals surface area contributed by atoms with Gasteiger partial charge in [0.2, 0.25) is 5.82 Å². The summed E-state index contributed by atoms with van der Waals surface area (Å²) in [7, 11) is 1.63. The van der Waals surface area contributed by atoms with Gasteiger partial charge in [-0.15, -0.1) is 10.2 Å². The Kier molecular flexibility index (Phi) is 3.82. The first-order valence-electron chi connectivity index (χ1n) is 6.83. The van der Waals surface area contributed by atoms with Gasteiger partial charge in [-0.2, -0.15) is 4.80 Å². The molecule has 0 aliphatic carbocycles. The molecular weight excluding hydrogens is 283 g/mol. The summed E-state index contributed by atoms with van der Waals surface area (Å²) in [5.41, 5.74) is 2.69. The highest BCUT2D eigenvalue weighted by Crippen LogP contribution is 2.21. The molecule has 3 aromatic rings. The van der Waals surface area contributed by atoms with Gasteiger partial charge in [-0.25, -0.2) is 4.39 Å². The number of rotatable bonds is 4. The normalized spacial score (nSPS) is 10.7. The van der Waals surface area contributed by atoms with E-state index >= 15 is 0 Å². The summed E-state index contributed by atoms with van der Waals surface area (Å²) >= 11 is 0. The minimum absolute atomic E-state index is 0.325. The van der Waals surface area contributed by atoms with E-state index in [2.05, 4.69) is 15.4 Å². The van der Waals surface area contributed by atoms with Crippen molar-refractivity contribution in [1.29, 1.82) is 0 Å². The van der Waals surface area contributed by atoms with Crippen molar-refractivity contribution >= 4 is 0 Å². The van der Waals surface area contributed by atoms with Crippen molar-refractivity contribution in [1.82, 2.24) is 20.2 Å². The lowest BCUT2D eigenvalue weighted by atomic mass is 10.1. The number of aromatic nitrogens is 4. The zero-order valence-electron chi connectivity index (χ0n) is 12.3. The zero-order valence-corrected chi connectivity index (χ0v) is 12.3. The van der Waals surface area contributed by atoms with E-state index in [1.165, 1.54) is 16.9 Å². The first kappa shape index (κ1) is 14.2. The molecule has 1 aromatic heterocycles. The van der Waals surface area contributed by atoms with Gasteiger partial charge in [-0.3, -0.25) is 0 Å². The van der Waals surface area contributed by atoms with E-state index in [1.807, 2.05) is 25.1 Å².